The summed E-state index contributed by atoms with van der Waals surface area (Å²) >= 11 is 0. The highest BCUT2D eigenvalue weighted by Crippen LogP contribution is 2.19. The Hall–Kier alpha value is -3.13. The van der Waals surface area contributed by atoms with Crippen molar-refractivity contribution in [1.29, 1.82) is 0 Å². The molecule has 164 valence electrons. The van der Waals surface area contributed by atoms with Gasteiger partial charge >= 0.3 is 5.97 Å². The lowest BCUT2D eigenvalue weighted by atomic mass is 10.2. The van der Waals surface area contributed by atoms with Crippen molar-refractivity contribution in [3.63, 3.8) is 0 Å². The predicted molar refractivity (Wildman–Crippen MR) is 118 cm³/mol. The summed E-state index contributed by atoms with van der Waals surface area (Å²) in [5.74, 6) is -0.419. The zero-order valence-electron chi connectivity index (χ0n) is 17.3. The average Bonchev–Trinajstić information content (AvgIpc) is 3.31. The van der Waals surface area contributed by atoms with Crippen molar-refractivity contribution in [2.24, 2.45) is 4.99 Å². The van der Waals surface area contributed by atoms with Gasteiger partial charge in [-0.15, -0.1) is 0 Å². The summed E-state index contributed by atoms with van der Waals surface area (Å²) in [6.07, 6.45) is 2.23. The molecule has 0 amide bonds. The zero-order valence-corrected chi connectivity index (χ0v) is 17.3. The number of guanidine groups is 1. The van der Waals surface area contributed by atoms with E-state index < -0.39 is 5.97 Å². The highest BCUT2D eigenvalue weighted by molar-refractivity contribution is 5.95. The number of nitrogens with zero attached hydrogens (tertiary/aromatic N) is 3. The predicted octanol–water partition coefficient (Wildman–Crippen LogP) is 3.29. The molecule has 0 saturated carbocycles. The van der Waals surface area contributed by atoms with Crippen LogP contribution in [-0.4, -0.2) is 67.4 Å². The van der Waals surface area contributed by atoms with Crippen LogP contribution in [0.1, 0.15) is 23.2 Å². The zero-order chi connectivity index (χ0) is 21.6. The molecule has 4 rings (SSSR count). The number of carbonyl (C=O) groups is 1. The maximum Gasteiger partial charge on any atom is 0.335 e. The number of halogens is 1. The Bertz CT molecular complexity index is 903. The maximum absolute atomic E-state index is 13.2. The van der Waals surface area contributed by atoms with E-state index >= 15 is 0 Å². The van der Waals surface area contributed by atoms with Gasteiger partial charge in [0.1, 0.15) is 5.82 Å². The number of hydrogen-bond donors (Lipinski definition) is 2. The molecule has 31 heavy (non-hydrogen) atoms. The molecule has 0 unspecified atom stereocenters. The normalized spacial score (nSPS) is 19.5. The van der Waals surface area contributed by atoms with Gasteiger partial charge in [0.2, 0.25) is 0 Å². The fourth-order valence-corrected chi connectivity index (χ4v) is 3.85. The van der Waals surface area contributed by atoms with Gasteiger partial charge in [0.25, 0.3) is 0 Å². The summed E-state index contributed by atoms with van der Waals surface area (Å²) in [5, 5.41) is 12.5. The van der Waals surface area contributed by atoms with Crippen molar-refractivity contribution in [3.05, 3.63) is 59.9 Å². The molecule has 7 nitrogen and oxygen atoms in total. The molecular formula is C23H27FN4O3. The number of ether oxygens (including phenoxy) is 1. The lowest BCUT2D eigenvalue weighted by Crippen LogP contribution is -2.51. The van der Waals surface area contributed by atoms with Crippen molar-refractivity contribution in [2.75, 3.05) is 49.5 Å². The molecule has 2 heterocycles. The van der Waals surface area contributed by atoms with E-state index in [0.717, 1.165) is 63.0 Å². The van der Waals surface area contributed by atoms with Crippen LogP contribution in [-0.2, 0) is 4.74 Å². The van der Waals surface area contributed by atoms with Gasteiger partial charge in [-0.2, -0.15) is 0 Å². The van der Waals surface area contributed by atoms with E-state index in [9.17, 15) is 9.18 Å². The number of aliphatic imine (C=N–C) groups is 1. The van der Waals surface area contributed by atoms with E-state index in [4.69, 9.17) is 14.8 Å². The van der Waals surface area contributed by atoms with E-state index in [1.54, 1.807) is 36.4 Å². The van der Waals surface area contributed by atoms with Crippen LogP contribution < -0.4 is 10.2 Å². The van der Waals surface area contributed by atoms with Crippen molar-refractivity contribution >= 4 is 23.3 Å². The van der Waals surface area contributed by atoms with Gasteiger partial charge in [-0.3, -0.25) is 4.99 Å². The summed E-state index contributed by atoms with van der Waals surface area (Å²) in [7, 11) is 0. The number of benzene rings is 2. The number of piperazine rings is 1. The van der Waals surface area contributed by atoms with Crippen molar-refractivity contribution < 1.29 is 19.0 Å². The second kappa shape index (κ2) is 9.78. The number of hydrogen-bond acceptors (Lipinski definition) is 4. The smallest absolute Gasteiger partial charge is 0.335 e. The Morgan fingerprint density at radius 2 is 1.81 bits per heavy atom. The fourth-order valence-electron chi connectivity index (χ4n) is 3.85. The molecule has 0 radical (unpaired) electrons. The molecule has 0 bridgehead atoms. The highest BCUT2D eigenvalue weighted by Gasteiger charge is 2.22. The van der Waals surface area contributed by atoms with Gasteiger partial charge in [0.15, 0.2) is 5.96 Å². The van der Waals surface area contributed by atoms with Crippen molar-refractivity contribution in [1.82, 2.24) is 4.90 Å². The van der Waals surface area contributed by atoms with Crippen LogP contribution in [0.15, 0.2) is 53.5 Å². The van der Waals surface area contributed by atoms with E-state index in [-0.39, 0.29) is 17.5 Å². The van der Waals surface area contributed by atoms with Crippen molar-refractivity contribution in [3.8, 4) is 0 Å². The molecule has 0 spiro atoms. The minimum Gasteiger partial charge on any atom is -0.478 e. The van der Waals surface area contributed by atoms with Crippen LogP contribution in [0.5, 0.6) is 0 Å². The molecule has 1 atom stereocenters. The first-order valence-corrected chi connectivity index (χ1v) is 10.6. The second-order valence-corrected chi connectivity index (χ2v) is 7.76. The van der Waals surface area contributed by atoms with E-state index in [1.807, 2.05) is 0 Å². The first-order chi connectivity index (χ1) is 15.1. The van der Waals surface area contributed by atoms with Crippen LogP contribution in [0, 0.1) is 5.82 Å². The minimum atomic E-state index is -0.948. The van der Waals surface area contributed by atoms with E-state index in [0.29, 0.717) is 6.54 Å². The Labute approximate surface area is 181 Å². The topological polar surface area (TPSA) is 77.4 Å². The molecule has 2 aliphatic rings. The summed E-state index contributed by atoms with van der Waals surface area (Å²) in [6.45, 7) is 4.50. The third kappa shape index (κ3) is 5.52. The number of rotatable bonds is 5. The number of carboxylic acid groups (broad SMARTS) is 1. The van der Waals surface area contributed by atoms with E-state index in [1.165, 1.54) is 12.1 Å². The molecule has 2 fully saturated rings. The van der Waals surface area contributed by atoms with E-state index in [2.05, 4.69) is 15.1 Å². The average molecular weight is 426 g/mol. The monoisotopic (exact) mass is 426 g/mol. The number of aromatic carboxylic acids is 1. The minimum absolute atomic E-state index is 0.145. The quantitative estimate of drug-likeness (QED) is 0.564. The highest BCUT2D eigenvalue weighted by atomic mass is 19.1. The first-order valence-electron chi connectivity index (χ1n) is 10.6. The van der Waals surface area contributed by atoms with Crippen LogP contribution in [0.2, 0.25) is 0 Å². The first kappa shape index (κ1) is 21.1. The third-order valence-corrected chi connectivity index (χ3v) is 5.63. The van der Waals surface area contributed by atoms with Crippen LogP contribution >= 0.6 is 0 Å². The van der Waals surface area contributed by atoms with Gasteiger partial charge in [-0.1, -0.05) is 0 Å². The molecule has 0 aromatic heterocycles. The lowest BCUT2D eigenvalue weighted by molar-refractivity contribution is 0.0697. The number of carboxylic acids is 1. The molecule has 2 saturated heterocycles. The van der Waals surface area contributed by atoms with Gasteiger partial charge in [0, 0.05) is 44.2 Å². The summed E-state index contributed by atoms with van der Waals surface area (Å²) in [6, 6.07) is 13.2. The number of anilines is 2. The molecular weight excluding hydrogens is 399 g/mol. The second-order valence-electron chi connectivity index (χ2n) is 7.76. The van der Waals surface area contributed by atoms with Crippen LogP contribution in [0.3, 0.4) is 0 Å². The summed E-state index contributed by atoms with van der Waals surface area (Å²) in [5.41, 5.74) is 2.05. The molecule has 0 aliphatic carbocycles. The Morgan fingerprint density at radius 1 is 1.10 bits per heavy atom. The van der Waals surface area contributed by atoms with Crippen LogP contribution in [0.25, 0.3) is 0 Å². The largest absolute Gasteiger partial charge is 0.478 e. The Kier molecular flexibility index (Phi) is 6.66. The lowest BCUT2D eigenvalue weighted by Gasteiger charge is -2.38. The van der Waals surface area contributed by atoms with Gasteiger partial charge in [0.05, 0.1) is 18.2 Å². The standard InChI is InChI=1S/C23H27FN4O3/c24-18-5-9-20(10-6-18)27-11-13-28(14-12-27)23(25-16-21-2-1-15-31-21)26-19-7-3-17(4-8-19)22(29)30/h3-10,21H,1-2,11-16H2,(H,25,26)(H,29,30)/t21-/m0/s1. The number of nitrogens with one attached hydrogen (secondary N) is 1. The SMILES string of the molecule is O=C(O)c1ccc(NC(=NC[C@@H]2CCCO2)N2CCN(c3ccc(F)cc3)CC2)cc1. The summed E-state index contributed by atoms with van der Waals surface area (Å²) in [4.78, 5) is 20.3. The third-order valence-electron chi connectivity index (χ3n) is 5.63. The molecule has 2 aromatic rings. The fraction of sp³-hybridized carbons (Fsp3) is 0.391. The maximum atomic E-state index is 13.2. The molecule has 2 N–H and O–H groups in total. The molecule has 2 aromatic carbocycles. The van der Waals surface area contributed by atoms with Crippen molar-refractivity contribution in [2.45, 2.75) is 18.9 Å². The summed E-state index contributed by atoms with van der Waals surface area (Å²) < 4.78 is 18.9. The van der Waals surface area contributed by atoms with Crippen LogP contribution in [0.4, 0.5) is 15.8 Å². The molecule has 8 heteroatoms. The molecule has 2 aliphatic heterocycles. The Morgan fingerprint density at radius 3 is 2.42 bits per heavy atom. The van der Waals surface area contributed by atoms with Gasteiger partial charge < -0.3 is 25.0 Å². The Balaban J connectivity index is 1.44. The van der Waals surface area contributed by atoms with Gasteiger partial charge in [-0.25, -0.2) is 9.18 Å². The van der Waals surface area contributed by atoms with Gasteiger partial charge in [-0.05, 0) is 61.4 Å².